The molecule has 0 aliphatic heterocycles. The van der Waals surface area contributed by atoms with Crippen molar-refractivity contribution < 1.29 is 9.53 Å². The number of esters is 1. The lowest BCUT2D eigenvalue weighted by Gasteiger charge is -2.13. The Balaban J connectivity index is 2.29. The van der Waals surface area contributed by atoms with Crippen molar-refractivity contribution in [3.63, 3.8) is 0 Å². The number of methoxy groups -OCH3 is 1. The van der Waals surface area contributed by atoms with E-state index in [1.165, 1.54) is 17.9 Å². The van der Waals surface area contributed by atoms with Gasteiger partial charge in [-0.2, -0.15) is 0 Å². The van der Waals surface area contributed by atoms with Crippen molar-refractivity contribution in [3.05, 3.63) is 65.5 Å². The van der Waals surface area contributed by atoms with Gasteiger partial charge in [0.2, 0.25) is 0 Å². The van der Waals surface area contributed by atoms with Gasteiger partial charge in [0.15, 0.2) is 0 Å². The van der Waals surface area contributed by atoms with Crippen LogP contribution >= 0.6 is 0 Å². The molecule has 0 aliphatic carbocycles. The molecule has 0 atom stereocenters. The summed E-state index contributed by atoms with van der Waals surface area (Å²) < 4.78 is 6.96. The molecule has 3 aromatic rings. The molecule has 0 radical (unpaired) electrons. The number of ether oxygens (including phenoxy) is 1. The molecule has 0 spiro atoms. The van der Waals surface area contributed by atoms with Gasteiger partial charge < -0.3 is 9.30 Å². The molecule has 0 aliphatic rings. The van der Waals surface area contributed by atoms with Crippen LogP contribution in [0.25, 0.3) is 16.5 Å². The van der Waals surface area contributed by atoms with Crippen molar-refractivity contribution in [2.24, 2.45) is 0 Å². The van der Waals surface area contributed by atoms with Crippen LogP contribution in [0.2, 0.25) is 0 Å². The first-order valence-electron chi connectivity index (χ1n) is 6.89. The molecule has 0 N–H and O–H groups in total. The summed E-state index contributed by atoms with van der Waals surface area (Å²) in [6, 6.07) is 16.3. The Kier molecular flexibility index (Phi) is 3.26. The summed E-state index contributed by atoms with van der Waals surface area (Å²) >= 11 is 0. The predicted octanol–water partition coefficient (Wildman–Crippen LogP) is 4.03. The minimum atomic E-state index is -0.297. The van der Waals surface area contributed by atoms with E-state index in [9.17, 15) is 4.79 Å². The van der Waals surface area contributed by atoms with Crippen molar-refractivity contribution in [3.8, 4) is 5.69 Å². The van der Waals surface area contributed by atoms with Crippen LogP contribution in [0, 0.1) is 13.8 Å². The first kappa shape index (κ1) is 13.4. The van der Waals surface area contributed by atoms with E-state index in [2.05, 4.69) is 28.8 Å². The lowest BCUT2D eigenvalue weighted by Crippen LogP contribution is -2.05. The molecule has 2 aromatic carbocycles. The van der Waals surface area contributed by atoms with Gasteiger partial charge in [-0.05, 0) is 31.4 Å². The molecular formula is C18H17NO2. The molecule has 0 saturated heterocycles. The SMILES string of the molecule is COC(=O)c1cc(C)n(-c2cccc3ccccc23)c1C. The van der Waals surface area contributed by atoms with E-state index < -0.39 is 0 Å². The third-order valence-corrected chi connectivity index (χ3v) is 3.84. The molecule has 3 rings (SSSR count). The van der Waals surface area contributed by atoms with Gasteiger partial charge >= 0.3 is 5.97 Å². The number of rotatable bonds is 2. The number of benzene rings is 2. The molecule has 1 aromatic heterocycles. The zero-order chi connectivity index (χ0) is 15.0. The number of fused-ring (bicyclic) bond motifs is 1. The maximum Gasteiger partial charge on any atom is 0.339 e. The van der Waals surface area contributed by atoms with E-state index in [-0.39, 0.29) is 5.97 Å². The molecule has 1 heterocycles. The summed E-state index contributed by atoms with van der Waals surface area (Å²) in [6.45, 7) is 3.95. The van der Waals surface area contributed by atoms with Gasteiger partial charge in [-0.25, -0.2) is 4.79 Å². The Labute approximate surface area is 123 Å². The zero-order valence-corrected chi connectivity index (χ0v) is 12.4. The van der Waals surface area contributed by atoms with Crippen molar-refractivity contribution >= 4 is 16.7 Å². The van der Waals surface area contributed by atoms with Gasteiger partial charge in [0.25, 0.3) is 0 Å². The van der Waals surface area contributed by atoms with Gasteiger partial charge in [-0.15, -0.1) is 0 Å². The first-order chi connectivity index (χ1) is 10.1. The number of carbonyl (C=O) groups excluding carboxylic acids is 1. The Morgan fingerprint density at radius 3 is 2.52 bits per heavy atom. The minimum absolute atomic E-state index is 0.297. The number of carbonyl (C=O) groups is 1. The summed E-state index contributed by atoms with van der Waals surface area (Å²) in [4.78, 5) is 11.9. The molecule has 3 heteroatoms. The van der Waals surface area contributed by atoms with Crippen LogP contribution in [-0.4, -0.2) is 17.6 Å². The quantitative estimate of drug-likeness (QED) is 0.663. The summed E-state index contributed by atoms with van der Waals surface area (Å²) in [5.41, 5.74) is 3.61. The largest absolute Gasteiger partial charge is 0.465 e. The summed E-state index contributed by atoms with van der Waals surface area (Å²) in [6.07, 6.45) is 0. The topological polar surface area (TPSA) is 31.2 Å². The van der Waals surface area contributed by atoms with Gasteiger partial charge in [0.05, 0.1) is 18.4 Å². The second-order valence-corrected chi connectivity index (χ2v) is 5.11. The number of aromatic nitrogens is 1. The van der Waals surface area contributed by atoms with Gasteiger partial charge in [0.1, 0.15) is 0 Å². The van der Waals surface area contributed by atoms with Crippen LogP contribution in [0.3, 0.4) is 0 Å². The number of nitrogens with zero attached hydrogens (tertiary/aromatic N) is 1. The Morgan fingerprint density at radius 1 is 1.05 bits per heavy atom. The van der Waals surface area contributed by atoms with Crippen molar-refractivity contribution in [2.75, 3.05) is 7.11 Å². The summed E-state index contributed by atoms with van der Waals surface area (Å²) in [5, 5.41) is 2.35. The highest BCUT2D eigenvalue weighted by molar-refractivity contribution is 5.93. The van der Waals surface area contributed by atoms with Crippen molar-refractivity contribution in [2.45, 2.75) is 13.8 Å². The predicted molar refractivity (Wildman–Crippen MR) is 84.1 cm³/mol. The average molecular weight is 279 g/mol. The van der Waals surface area contributed by atoms with Crippen LogP contribution in [0.5, 0.6) is 0 Å². The number of hydrogen-bond acceptors (Lipinski definition) is 2. The fourth-order valence-electron chi connectivity index (χ4n) is 2.85. The molecule has 3 nitrogen and oxygen atoms in total. The van der Waals surface area contributed by atoms with E-state index in [1.54, 1.807) is 0 Å². The van der Waals surface area contributed by atoms with Crippen LogP contribution < -0.4 is 0 Å². The van der Waals surface area contributed by atoms with E-state index in [0.29, 0.717) is 5.56 Å². The Morgan fingerprint density at radius 2 is 1.76 bits per heavy atom. The molecule has 0 saturated carbocycles. The van der Waals surface area contributed by atoms with Crippen LogP contribution in [0.1, 0.15) is 21.7 Å². The average Bonchev–Trinajstić information content (AvgIpc) is 2.81. The second kappa shape index (κ2) is 5.09. The van der Waals surface area contributed by atoms with Gasteiger partial charge in [-0.3, -0.25) is 0 Å². The van der Waals surface area contributed by atoms with E-state index in [0.717, 1.165) is 17.1 Å². The normalized spacial score (nSPS) is 10.8. The molecule has 106 valence electrons. The van der Waals surface area contributed by atoms with E-state index in [4.69, 9.17) is 4.74 Å². The molecule has 0 unspecified atom stereocenters. The minimum Gasteiger partial charge on any atom is -0.465 e. The first-order valence-corrected chi connectivity index (χ1v) is 6.89. The molecular weight excluding hydrogens is 262 g/mol. The third kappa shape index (κ3) is 2.11. The highest BCUT2D eigenvalue weighted by atomic mass is 16.5. The highest BCUT2D eigenvalue weighted by Gasteiger charge is 2.17. The number of hydrogen-bond donors (Lipinski definition) is 0. The lowest BCUT2D eigenvalue weighted by molar-refractivity contribution is 0.0600. The monoisotopic (exact) mass is 279 g/mol. The molecule has 0 amide bonds. The Hall–Kier alpha value is -2.55. The smallest absolute Gasteiger partial charge is 0.339 e. The molecule has 21 heavy (non-hydrogen) atoms. The summed E-state index contributed by atoms with van der Waals surface area (Å²) in [5.74, 6) is -0.297. The maximum absolute atomic E-state index is 11.9. The second-order valence-electron chi connectivity index (χ2n) is 5.11. The van der Waals surface area contributed by atoms with Gasteiger partial charge in [0, 0.05) is 16.8 Å². The summed E-state index contributed by atoms with van der Waals surface area (Å²) in [7, 11) is 1.41. The standard InChI is InChI=1S/C18H17NO2/c1-12-11-16(18(20)21-3)13(2)19(12)17-10-6-8-14-7-4-5-9-15(14)17/h4-11H,1-3H3. The van der Waals surface area contributed by atoms with Crippen LogP contribution in [-0.2, 0) is 4.74 Å². The fraction of sp³-hybridized carbons (Fsp3) is 0.167. The third-order valence-electron chi connectivity index (χ3n) is 3.84. The Bertz CT molecular complexity index is 825. The lowest BCUT2D eigenvalue weighted by atomic mass is 10.1. The van der Waals surface area contributed by atoms with Crippen LogP contribution in [0.4, 0.5) is 0 Å². The molecule has 0 fully saturated rings. The zero-order valence-electron chi connectivity index (χ0n) is 12.4. The van der Waals surface area contributed by atoms with Gasteiger partial charge in [-0.1, -0.05) is 36.4 Å². The highest BCUT2D eigenvalue weighted by Crippen LogP contribution is 2.27. The molecule has 0 bridgehead atoms. The van der Waals surface area contributed by atoms with E-state index in [1.807, 2.05) is 38.1 Å². The van der Waals surface area contributed by atoms with Crippen LogP contribution in [0.15, 0.2) is 48.5 Å². The van der Waals surface area contributed by atoms with Crippen molar-refractivity contribution in [1.29, 1.82) is 0 Å². The van der Waals surface area contributed by atoms with Crippen molar-refractivity contribution in [1.82, 2.24) is 4.57 Å². The van der Waals surface area contributed by atoms with E-state index >= 15 is 0 Å². The maximum atomic E-state index is 11.9. The number of aryl methyl sites for hydroxylation is 1. The fourth-order valence-corrected chi connectivity index (χ4v) is 2.85.